The number of nitriles is 1. The summed E-state index contributed by atoms with van der Waals surface area (Å²) >= 11 is 0. The first-order valence-corrected chi connectivity index (χ1v) is 9.04. The molecule has 140 valence electrons. The molecule has 0 N–H and O–H groups in total. The summed E-state index contributed by atoms with van der Waals surface area (Å²) < 4.78 is 4.79. The largest absolute Gasteiger partial charge is 0.466 e. The van der Waals surface area contributed by atoms with Crippen LogP contribution in [0.4, 0.5) is 0 Å². The summed E-state index contributed by atoms with van der Waals surface area (Å²) in [5, 5.41) is 12.2. The van der Waals surface area contributed by atoms with Gasteiger partial charge in [-0.2, -0.15) is 5.26 Å². The predicted molar refractivity (Wildman–Crippen MR) is 110 cm³/mol. The third-order valence-electron chi connectivity index (χ3n) is 4.67. The molecule has 0 bridgehead atoms. The van der Waals surface area contributed by atoms with E-state index in [4.69, 9.17) is 4.74 Å². The molecule has 0 aliphatic rings. The smallest absolute Gasteiger partial charge is 0.334 e. The normalized spacial score (nSPS) is 11.8. The van der Waals surface area contributed by atoms with E-state index in [-0.39, 0.29) is 6.54 Å². The summed E-state index contributed by atoms with van der Waals surface area (Å²) in [6.07, 6.45) is 0. The van der Waals surface area contributed by atoms with Crippen LogP contribution in [0, 0.1) is 11.3 Å². The maximum atomic E-state index is 11.9. The Hall–Kier alpha value is -3.42. The van der Waals surface area contributed by atoms with E-state index in [0.29, 0.717) is 12.1 Å². The van der Waals surface area contributed by atoms with Gasteiger partial charge in [0.1, 0.15) is 6.04 Å². The third-order valence-corrected chi connectivity index (χ3v) is 4.67. The van der Waals surface area contributed by atoms with Gasteiger partial charge in [-0.25, -0.2) is 4.79 Å². The summed E-state index contributed by atoms with van der Waals surface area (Å²) in [4.78, 5) is 13.8. The molecule has 0 saturated heterocycles. The van der Waals surface area contributed by atoms with E-state index < -0.39 is 12.0 Å². The van der Waals surface area contributed by atoms with Crippen molar-refractivity contribution in [1.82, 2.24) is 4.90 Å². The van der Waals surface area contributed by atoms with Crippen LogP contribution in [0.25, 0.3) is 10.8 Å². The van der Waals surface area contributed by atoms with E-state index >= 15 is 0 Å². The second-order valence-corrected chi connectivity index (χ2v) is 6.62. The van der Waals surface area contributed by atoms with Gasteiger partial charge in [0.2, 0.25) is 0 Å². The van der Waals surface area contributed by atoms with Crippen molar-refractivity contribution in [2.24, 2.45) is 0 Å². The maximum Gasteiger partial charge on any atom is 0.334 e. The van der Waals surface area contributed by atoms with Crippen molar-refractivity contribution in [3.63, 3.8) is 0 Å². The molecular formula is C24H22N2O2. The zero-order valence-corrected chi connectivity index (χ0v) is 15.8. The fraction of sp³-hybridized carbons (Fsp3) is 0.167. The zero-order valence-electron chi connectivity index (χ0n) is 15.8. The number of carbonyl (C=O) groups is 1. The Balaban J connectivity index is 1.95. The van der Waals surface area contributed by atoms with Crippen LogP contribution >= 0.6 is 0 Å². The number of nitrogens with zero attached hydrogens (tertiary/aromatic N) is 2. The van der Waals surface area contributed by atoms with Crippen molar-refractivity contribution in [2.75, 3.05) is 13.7 Å². The summed E-state index contributed by atoms with van der Waals surface area (Å²) in [5.41, 5.74) is 2.26. The highest BCUT2D eigenvalue weighted by Gasteiger charge is 2.23. The number of ether oxygens (including phenoxy) is 1. The van der Waals surface area contributed by atoms with Crippen molar-refractivity contribution >= 4 is 16.7 Å². The van der Waals surface area contributed by atoms with Crippen LogP contribution in [-0.2, 0) is 16.1 Å². The van der Waals surface area contributed by atoms with Gasteiger partial charge in [-0.1, -0.05) is 73.3 Å². The lowest BCUT2D eigenvalue weighted by atomic mass is 10.0. The molecule has 4 heteroatoms. The highest BCUT2D eigenvalue weighted by molar-refractivity contribution is 5.88. The molecule has 1 unspecified atom stereocenters. The molecule has 0 fully saturated rings. The third kappa shape index (κ3) is 4.46. The van der Waals surface area contributed by atoms with Crippen LogP contribution < -0.4 is 0 Å². The number of benzene rings is 3. The Morgan fingerprint density at radius 1 is 1.07 bits per heavy atom. The Morgan fingerprint density at radius 3 is 2.43 bits per heavy atom. The van der Waals surface area contributed by atoms with E-state index in [9.17, 15) is 10.1 Å². The van der Waals surface area contributed by atoms with Crippen molar-refractivity contribution < 1.29 is 9.53 Å². The Labute approximate surface area is 165 Å². The Morgan fingerprint density at radius 2 is 1.75 bits per heavy atom. The van der Waals surface area contributed by atoms with Crippen molar-refractivity contribution in [3.8, 4) is 6.07 Å². The molecule has 3 rings (SSSR count). The topological polar surface area (TPSA) is 53.3 Å². The second-order valence-electron chi connectivity index (χ2n) is 6.62. The average molecular weight is 370 g/mol. The van der Waals surface area contributed by atoms with Gasteiger partial charge >= 0.3 is 5.97 Å². The van der Waals surface area contributed by atoms with Gasteiger partial charge in [0.25, 0.3) is 0 Å². The van der Waals surface area contributed by atoms with Gasteiger partial charge in [0, 0.05) is 18.7 Å². The molecule has 0 heterocycles. The molecule has 0 saturated carbocycles. The van der Waals surface area contributed by atoms with E-state index in [1.165, 1.54) is 7.11 Å². The molecule has 3 aromatic rings. The fourth-order valence-corrected chi connectivity index (χ4v) is 3.26. The second kappa shape index (κ2) is 8.98. The minimum Gasteiger partial charge on any atom is -0.466 e. The van der Waals surface area contributed by atoms with Gasteiger partial charge in [0.15, 0.2) is 0 Å². The maximum absolute atomic E-state index is 11.9. The molecule has 1 atom stereocenters. The molecule has 0 aliphatic carbocycles. The summed E-state index contributed by atoms with van der Waals surface area (Å²) in [7, 11) is 1.33. The summed E-state index contributed by atoms with van der Waals surface area (Å²) in [6.45, 7) is 4.60. The Bertz CT molecular complexity index is 1020. The first-order chi connectivity index (χ1) is 13.6. The number of fused-ring (bicyclic) bond motifs is 1. The lowest BCUT2D eigenvalue weighted by molar-refractivity contribution is -0.136. The van der Waals surface area contributed by atoms with Gasteiger partial charge in [-0.3, -0.25) is 4.90 Å². The molecule has 0 amide bonds. The SMILES string of the molecule is C=C(CN(Cc1ccccc1)C(C#N)c1ccc2ccccc2c1)C(=O)OC. The van der Waals surface area contributed by atoms with Gasteiger partial charge < -0.3 is 4.74 Å². The van der Waals surface area contributed by atoms with Crippen LogP contribution in [-0.4, -0.2) is 24.5 Å². The highest BCUT2D eigenvalue weighted by Crippen LogP contribution is 2.26. The first-order valence-electron chi connectivity index (χ1n) is 9.04. The standard InChI is InChI=1S/C24H22N2O2/c1-18(24(27)28-2)16-26(17-19-8-4-3-5-9-19)23(15-25)22-13-12-20-10-6-7-11-21(20)14-22/h3-14,23H,1,16-17H2,2H3. The predicted octanol–water partition coefficient (Wildman–Crippen LogP) is 4.64. The lowest BCUT2D eigenvalue weighted by Gasteiger charge is -2.28. The van der Waals surface area contributed by atoms with Crippen molar-refractivity contribution in [1.29, 1.82) is 5.26 Å². The van der Waals surface area contributed by atoms with Crippen LogP contribution in [0.5, 0.6) is 0 Å². The van der Waals surface area contributed by atoms with Gasteiger partial charge in [-0.15, -0.1) is 0 Å². The van der Waals surface area contributed by atoms with Crippen LogP contribution in [0.3, 0.4) is 0 Å². The summed E-state index contributed by atoms with van der Waals surface area (Å²) in [5.74, 6) is -0.465. The molecule has 3 aromatic carbocycles. The number of methoxy groups -OCH3 is 1. The minimum absolute atomic E-state index is 0.243. The van der Waals surface area contributed by atoms with E-state index in [1.54, 1.807) is 0 Å². The first kappa shape index (κ1) is 19.3. The zero-order chi connectivity index (χ0) is 19.9. The molecular weight excluding hydrogens is 348 g/mol. The fourth-order valence-electron chi connectivity index (χ4n) is 3.26. The van der Waals surface area contributed by atoms with Crippen LogP contribution in [0.15, 0.2) is 84.9 Å². The molecule has 0 aromatic heterocycles. The average Bonchev–Trinajstić information content (AvgIpc) is 2.74. The minimum atomic E-state index is -0.522. The number of rotatable bonds is 7. The quantitative estimate of drug-likeness (QED) is 0.449. The molecule has 0 aliphatic heterocycles. The Kier molecular flexibility index (Phi) is 6.21. The van der Waals surface area contributed by atoms with Crippen molar-refractivity contribution in [3.05, 3.63) is 96.1 Å². The number of hydrogen-bond acceptors (Lipinski definition) is 4. The molecule has 4 nitrogen and oxygen atoms in total. The highest BCUT2D eigenvalue weighted by atomic mass is 16.5. The van der Waals surface area contributed by atoms with Crippen LogP contribution in [0.2, 0.25) is 0 Å². The van der Waals surface area contributed by atoms with E-state index in [2.05, 4.69) is 12.6 Å². The van der Waals surface area contributed by atoms with Crippen LogP contribution in [0.1, 0.15) is 17.2 Å². The molecule has 0 spiro atoms. The number of esters is 1. The summed E-state index contributed by atoms with van der Waals surface area (Å²) in [6, 6.07) is 25.8. The lowest BCUT2D eigenvalue weighted by Crippen LogP contribution is -2.31. The number of hydrogen-bond donors (Lipinski definition) is 0. The molecule has 0 radical (unpaired) electrons. The van der Waals surface area contributed by atoms with E-state index in [0.717, 1.165) is 21.9 Å². The monoisotopic (exact) mass is 370 g/mol. The van der Waals surface area contributed by atoms with Gasteiger partial charge in [0.05, 0.1) is 13.2 Å². The van der Waals surface area contributed by atoms with Crippen molar-refractivity contribution in [2.45, 2.75) is 12.6 Å². The molecule has 28 heavy (non-hydrogen) atoms. The van der Waals surface area contributed by atoms with Gasteiger partial charge in [-0.05, 0) is 28.0 Å². The van der Waals surface area contributed by atoms with E-state index in [1.807, 2.05) is 77.7 Å². The number of carbonyl (C=O) groups excluding carboxylic acids is 1.